The van der Waals surface area contributed by atoms with Gasteiger partial charge in [0.15, 0.2) is 5.76 Å². The quantitative estimate of drug-likeness (QED) is 0.713. The maximum absolute atomic E-state index is 12.9. The lowest BCUT2D eigenvalue weighted by Crippen LogP contribution is -2.07. The van der Waals surface area contributed by atoms with Crippen molar-refractivity contribution in [1.29, 1.82) is 0 Å². The van der Waals surface area contributed by atoms with Gasteiger partial charge in [0, 0.05) is 10.0 Å². The second-order valence-corrected chi connectivity index (χ2v) is 8.00. The first-order chi connectivity index (χ1) is 11.4. The molecule has 0 unspecified atom stereocenters. The number of nitrogens with two attached hydrogens (primary N) is 1. The van der Waals surface area contributed by atoms with Crippen molar-refractivity contribution < 1.29 is 12.8 Å². The van der Waals surface area contributed by atoms with Gasteiger partial charge in [-0.1, -0.05) is 34.1 Å². The standard InChI is InChI=1S/C17H15BrN2O3S/c1-11-4-2-3-5-14(11)16-20-17(15(10-19)23-16)24(21,22)13-8-6-12(18)7-9-13/h2-9H,10,19H2,1H3. The molecule has 2 N–H and O–H groups in total. The molecule has 0 aliphatic rings. The van der Waals surface area contributed by atoms with Crippen molar-refractivity contribution in [2.45, 2.75) is 23.4 Å². The summed E-state index contributed by atoms with van der Waals surface area (Å²) in [7, 11) is -3.80. The van der Waals surface area contributed by atoms with Crippen molar-refractivity contribution in [3.8, 4) is 11.5 Å². The van der Waals surface area contributed by atoms with Crippen LogP contribution in [0, 0.1) is 6.92 Å². The van der Waals surface area contributed by atoms with Gasteiger partial charge in [0.05, 0.1) is 11.4 Å². The molecule has 0 spiro atoms. The number of hydrogen-bond acceptors (Lipinski definition) is 5. The molecule has 0 radical (unpaired) electrons. The summed E-state index contributed by atoms with van der Waals surface area (Å²) in [6.07, 6.45) is 0. The van der Waals surface area contributed by atoms with Crippen molar-refractivity contribution in [3.05, 3.63) is 64.3 Å². The van der Waals surface area contributed by atoms with E-state index in [1.807, 2.05) is 31.2 Å². The molecule has 0 bridgehead atoms. The Bertz CT molecular complexity index is 979. The largest absolute Gasteiger partial charge is 0.438 e. The Morgan fingerprint density at radius 3 is 2.42 bits per heavy atom. The summed E-state index contributed by atoms with van der Waals surface area (Å²) in [6, 6.07) is 13.8. The van der Waals surface area contributed by atoms with E-state index in [-0.39, 0.29) is 28.1 Å². The highest BCUT2D eigenvalue weighted by Gasteiger charge is 2.27. The van der Waals surface area contributed by atoms with Crippen LogP contribution in [-0.2, 0) is 16.4 Å². The lowest BCUT2D eigenvalue weighted by molar-refractivity contribution is 0.510. The number of oxazole rings is 1. The van der Waals surface area contributed by atoms with Gasteiger partial charge in [0.2, 0.25) is 20.8 Å². The van der Waals surface area contributed by atoms with E-state index in [2.05, 4.69) is 20.9 Å². The van der Waals surface area contributed by atoms with Crippen LogP contribution in [0.2, 0.25) is 0 Å². The van der Waals surface area contributed by atoms with Crippen LogP contribution in [0.15, 0.2) is 67.3 Å². The minimum atomic E-state index is -3.80. The van der Waals surface area contributed by atoms with E-state index < -0.39 is 9.84 Å². The summed E-state index contributed by atoms with van der Waals surface area (Å²) < 4.78 is 32.2. The zero-order valence-electron chi connectivity index (χ0n) is 12.9. The van der Waals surface area contributed by atoms with E-state index >= 15 is 0 Å². The second kappa shape index (κ2) is 6.51. The number of hydrogen-bond donors (Lipinski definition) is 1. The lowest BCUT2D eigenvalue weighted by atomic mass is 10.1. The van der Waals surface area contributed by atoms with Gasteiger partial charge in [-0.25, -0.2) is 8.42 Å². The van der Waals surface area contributed by atoms with Crippen molar-refractivity contribution in [2.75, 3.05) is 0 Å². The van der Waals surface area contributed by atoms with Crippen LogP contribution in [0.4, 0.5) is 0 Å². The van der Waals surface area contributed by atoms with E-state index in [1.54, 1.807) is 12.1 Å². The van der Waals surface area contributed by atoms with Crippen LogP contribution < -0.4 is 5.73 Å². The van der Waals surface area contributed by atoms with Crippen LogP contribution in [0.5, 0.6) is 0 Å². The van der Waals surface area contributed by atoms with Gasteiger partial charge >= 0.3 is 0 Å². The first-order valence-electron chi connectivity index (χ1n) is 7.20. The Labute approximate surface area is 148 Å². The molecule has 1 heterocycles. The average molecular weight is 407 g/mol. The van der Waals surface area contributed by atoms with Gasteiger partial charge in [-0.05, 0) is 42.8 Å². The predicted molar refractivity (Wildman–Crippen MR) is 94.2 cm³/mol. The van der Waals surface area contributed by atoms with Crippen molar-refractivity contribution in [1.82, 2.24) is 4.98 Å². The Morgan fingerprint density at radius 1 is 1.12 bits per heavy atom. The zero-order valence-corrected chi connectivity index (χ0v) is 15.3. The molecule has 1 aromatic heterocycles. The average Bonchev–Trinajstić information content (AvgIpc) is 3.00. The Morgan fingerprint density at radius 2 is 1.79 bits per heavy atom. The summed E-state index contributed by atoms with van der Waals surface area (Å²) in [5.74, 6) is 0.403. The van der Waals surface area contributed by atoms with Crippen LogP contribution >= 0.6 is 15.9 Å². The fraction of sp³-hybridized carbons (Fsp3) is 0.118. The number of aromatic nitrogens is 1. The minimum Gasteiger partial charge on any atom is -0.438 e. The van der Waals surface area contributed by atoms with Gasteiger partial charge in [-0.3, -0.25) is 0 Å². The van der Waals surface area contributed by atoms with Gasteiger partial charge in [0.25, 0.3) is 0 Å². The summed E-state index contributed by atoms with van der Waals surface area (Å²) >= 11 is 3.29. The molecular weight excluding hydrogens is 392 g/mol. The Hall–Kier alpha value is -1.96. The Balaban J connectivity index is 2.15. The highest BCUT2D eigenvalue weighted by Crippen LogP contribution is 2.30. The number of halogens is 1. The number of rotatable bonds is 4. The number of aryl methyl sites for hydroxylation is 1. The van der Waals surface area contributed by atoms with E-state index in [1.165, 1.54) is 12.1 Å². The third-order valence-corrected chi connectivity index (χ3v) is 5.85. The SMILES string of the molecule is Cc1ccccc1-c1nc(S(=O)(=O)c2ccc(Br)cc2)c(CN)o1. The molecule has 0 fully saturated rings. The fourth-order valence-electron chi connectivity index (χ4n) is 2.33. The third kappa shape index (κ3) is 3.02. The summed E-state index contributed by atoms with van der Waals surface area (Å²) in [5, 5.41) is -0.134. The molecular formula is C17H15BrN2O3S. The van der Waals surface area contributed by atoms with Crippen LogP contribution in [0.1, 0.15) is 11.3 Å². The number of nitrogens with zero attached hydrogens (tertiary/aromatic N) is 1. The molecule has 124 valence electrons. The van der Waals surface area contributed by atoms with Gasteiger partial charge in [-0.15, -0.1) is 0 Å². The normalized spacial score (nSPS) is 11.6. The highest BCUT2D eigenvalue weighted by atomic mass is 79.9. The predicted octanol–water partition coefficient (Wildman–Crippen LogP) is 3.70. The maximum atomic E-state index is 12.9. The molecule has 24 heavy (non-hydrogen) atoms. The number of sulfone groups is 1. The molecule has 7 heteroatoms. The molecule has 3 aromatic rings. The molecule has 0 saturated carbocycles. The summed E-state index contributed by atoms with van der Waals surface area (Å²) in [4.78, 5) is 4.38. The van der Waals surface area contributed by atoms with Crippen molar-refractivity contribution in [2.24, 2.45) is 5.73 Å². The summed E-state index contributed by atoms with van der Waals surface area (Å²) in [6.45, 7) is 1.86. The molecule has 5 nitrogen and oxygen atoms in total. The van der Waals surface area contributed by atoms with Crippen LogP contribution in [0.25, 0.3) is 11.5 Å². The molecule has 0 aliphatic heterocycles. The minimum absolute atomic E-state index is 0.0516. The fourth-order valence-corrected chi connectivity index (χ4v) is 3.94. The molecule has 0 saturated heterocycles. The first-order valence-corrected chi connectivity index (χ1v) is 9.47. The molecule has 0 aliphatic carbocycles. The van der Waals surface area contributed by atoms with Crippen LogP contribution in [0.3, 0.4) is 0 Å². The van der Waals surface area contributed by atoms with E-state index in [0.717, 1.165) is 15.6 Å². The molecule has 0 amide bonds. The zero-order chi connectivity index (χ0) is 17.3. The maximum Gasteiger partial charge on any atom is 0.227 e. The monoisotopic (exact) mass is 406 g/mol. The molecule has 2 aromatic carbocycles. The van der Waals surface area contributed by atoms with Gasteiger partial charge in [-0.2, -0.15) is 4.98 Å². The smallest absolute Gasteiger partial charge is 0.227 e. The lowest BCUT2D eigenvalue weighted by Gasteiger charge is -2.02. The topological polar surface area (TPSA) is 86.2 Å². The van der Waals surface area contributed by atoms with E-state index in [4.69, 9.17) is 10.2 Å². The molecule has 3 rings (SSSR count). The van der Waals surface area contributed by atoms with Gasteiger partial charge in [0.1, 0.15) is 0 Å². The van der Waals surface area contributed by atoms with E-state index in [9.17, 15) is 8.42 Å². The van der Waals surface area contributed by atoms with Crippen LogP contribution in [-0.4, -0.2) is 13.4 Å². The van der Waals surface area contributed by atoms with Gasteiger partial charge < -0.3 is 10.2 Å². The van der Waals surface area contributed by atoms with E-state index in [0.29, 0.717) is 0 Å². The number of benzene rings is 2. The molecule has 0 atom stereocenters. The first kappa shape index (κ1) is 16.9. The Kier molecular flexibility index (Phi) is 4.58. The van der Waals surface area contributed by atoms with Crippen molar-refractivity contribution in [3.63, 3.8) is 0 Å². The van der Waals surface area contributed by atoms with Crippen molar-refractivity contribution >= 4 is 25.8 Å². The third-order valence-electron chi connectivity index (χ3n) is 3.60. The summed E-state index contributed by atoms with van der Waals surface area (Å²) in [5.41, 5.74) is 7.35. The highest BCUT2D eigenvalue weighted by molar-refractivity contribution is 9.10. The second-order valence-electron chi connectivity index (χ2n) is 5.22.